The molecule has 14 nitrogen and oxygen atoms in total. The number of rotatable bonds is 13. The molecule has 0 bridgehead atoms. The molecule has 1 aromatic heterocycles. The van der Waals surface area contributed by atoms with Crippen molar-refractivity contribution in [1.82, 2.24) is 25.1 Å². The first kappa shape index (κ1) is 39.5. The minimum Gasteiger partial charge on any atom is -0.494 e. The first-order valence-electron chi connectivity index (χ1n) is 19.3. The van der Waals surface area contributed by atoms with Crippen molar-refractivity contribution in [1.29, 1.82) is 0 Å². The van der Waals surface area contributed by atoms with E-state index in [1.54, 1.807) is 25.3 Å². The van der Waals surface area contributed by atoms with Crippen molar-refractivity contribution in [2.75, 3.05) is 67.7 Å². The molecule has 3 saturated heterocycles. The molecule has 3 fully saturated rings. The average Bonchev–Trinajstić information content (AvgIpc) is 3.71. The van der Waals surface area contributed by atoms with Gasteiger partial charge < -0.3 is 30.5 Å². The number of hydrogen-bond donors (Lipinski definition) is 4. The van der Waals surface area contributed by atoms with Gasteiger partial charge in [0.2, 0.25) is 23.7 Å². The third-order valence-electron chi connectivity index (χ3n) is 11.1. The summed E-state index contributed by atoms with van der Waals surface area (Å²) >= 11 is 6.42. The van der Waals surface area contributed by atoms with E-state index in [1.165, 1.54) is 18.7 Å². The lowest BCUT2D eigenvalue weighted by Crippen LogP contribution is -2.47. The second kappa shape index (κ2) is 17.6. The Hall–Kier alpha value is -5.73. The van der Waals surface area contributed by atoms with Crippen LogP contribution in [-0.2, 0) is 14.4 Å². The number of carbonyl (C=O) groups is 4. The number of benzene rings is 3. The van der Waals surface area contributed by atoms with Crippen LogP contribution in [0.4, 0.5) is 34.5 Å². The largest absolute Gasteiger partial charge is 0.494 e. The summed E-state index contributed by atoms with van der Waals surface area (Å²) < 4.78 is 5.76. The second-order valence-electron chi connectivity index (χ2n) is 14.8. The number of amides is 3. The van der Waals surface area contributed by atoms with Crippen LogP contribution in [0.2, 0.25) is 5.02 Å². The number of ketones is 1. The quantitative estimate of drug-likeness (QED) is 0.0931. The number of piperidine rings is 2. The molecule has 4 aromatic rings. The Balaban J connectivity index is 0.891. The van der Waals surface area contributed by atoms with Gasteiger partial charge in [0.05, 0.1) is 37.3 Å². The lowest BCUT2D eigenvalue weighted by molar-refractivity contribution is -0.134. The molecule has 0 radical (unpaired) electrons. The first-order valence-corrected chi connectivity index (χ1v) is 19.7. The number of nitrogens with zero attached hydrogens (tertiary/aromatic N) is 5. The predicted molar refractivity (Wildman–Crippen MR) is 221 cm³/mol. The molecule has 0 spiro atoms. The Morgan fingerprint density at radius 1 is 0.965 bits per heavy atom. The third-order valence-corrected chi connectivity index (χ3v) is 11.4. The van der Waals surface area contributed by atoms with Gasteiger partial charge in [-0.1, -0.05) is 35.9 Å². The summed E-state index contributed by atoms with van der Waals surface area (Å²) in [5.74, 6) is 1.23. The van der Waals surface area contributed by atoms with Gasteiger partial charge >= 0.3 is 0 Å². The molecule has 7 rings (SSSR count). The molecular weight excluding hydrogens is 746 g/mol. The van der Waals surface area contributed by atoms with Crippen LogP contribution in [-0.4, -0.2) is 102 Å². The minimum absolute atomic E-state index is 0.0777. The number of nitrogens with one attached hydrogen (secondary N) is 4. The van der Waals surface area contributed by atoms with Crippen molar-refractivity contribution in [2.45, 2.75) is 57.0 Å². The number of aromatic nitrogens is 2. The molecule has 2 unspecified atom stereocenters. The van der Waals surface area contributed by atoms with Crippen molar-refractivity contribution >= 4 is 69.6 Å². The summed E-state index contributed by atoms with van der Waals surface area (Å²) in [4.78, 5) is 64.5. The topological polar surface area (TPSA) is 161 Å². The number of ether oxygens (including phenoxy) is 1. The molecule has 0 aliphatic carbocycles. The molecule has 298 valence electrons. The molecule has 3 aliphatic heterocycles. The Morgan fingerprint density at radius 2 is 1.74 bits per heavy atom. The molecular formula is C42H48ClN9O5. The molecule has 2 atom stereocenters. The van der Waals surface area contributed by atoms with E-state index >= 15 is 0 Å². The Bertz CT molecular complexity index is 2130. The normalized spacial score (nSPS) is 18.8. The highest BCUT2D eigenvalue weighted by molar-refractivity contribution is 6.33. The zero-order valence-electron chi connectivity index (χ0n) is 32.4. The predicted octanol–water partition coefficient (Wildman–Crippen LogP) is 5.96. The van der Waals surface area contributed by atoms with Crippen LogP contribution in [0.25, 0.3) is 0 Å². The van der Waals surface area contributed by atoms with Crippen molar-refractivity contribution in [3.8, 4) is 5.75 Å². The van der Waals surface area contributed by atoms with Crippen molar-refractivity contribution in [3.05, 3.63) is 89.1 Å². The molecule has 0 saturated carbocycles. The Morgan fingerprint density at radius 3 is 2.47 bits per heavy atom. The SMILES string of the molecule is COc1cc(N2CCC(N(C)C(=O)CN3CCC(c4ccc(NC5CCC(=O)NC5=O)cc4)CC3)C2)ccc1Nc1ncc(Cl)c(Nc2ccccc2C(C)=O)n1. The number of likely N-dealkylation sites (tertiary alicyclic amines) is 1. The van der Waals surface area contributed by atoms with Crippen LogP contribution < -0.4 is 30.9 Å². The Kier molecular flexibility index (Phi) is 12.2. The van der Waals surface area contributed by atoms with E-state index in [4.69, 9.17) is 16.3 Å². The lowest BCUT2D eigenvalue weighted by atomic mass is 9.89. The standard InChI is InChI=1S/C42H48ClN9O5/c1-26(53)32-6-4-5-7-34(32)46-40-33(43)23-44-42(49-40)47-35-13-12-30(22-37(35)57-3)52-21-18-31(24-52)50(2)39(55)25-51-19-16-28(17-20-51)27-8-10-29(11-9-27)45-36-14-15-38(54)48-41(36)56/h4-13,22-23,28,31,36,45H,14-21,24-25H2,1-3H3,(H,48,54,56)(H2,44,46,47,49). The van der Waals surface area contributed by atoms with Crippen molar-refractivity contribution in [3.63, 3.8) is 0 Å². The van der Waals surface area contributed by atoms with Gasteiger partial charge in [-0.25, -0.2) is 4.98 Å². The minimum atomic E-state index is -0.403. The number of para-hydroxylation sites is 1. The van der Waals surface area contributed by atoms with Gasteiger partial charge in [0.25, 0.3) is 0 Å². The highest BCUT2D eigenvalue weighted by atomic mass is 35.5. The van der Waals surface area contributed by atoms with Gasteiger partial charge in [0, 0.05) is 49.6 Å². The van der Waals surface area contributed by atoms with Crippen molar-refractivity contribution in [2.24, 2.45) is 0 Å². The number of Topliss-reactive ketones (excluding diaryl/α,β-unsaturated/α-hetero) is 1. The lowest BCUT2D eigenvalue weighted by Gasteiger charge is -2.34. The highest BCUT2D eigenvalue weighted by Crippen LogP contribution is 2.35. The van der Waals surface area contributed by atoms with Crippen LogP contribution in [0, 0.1) is 0 Å². The van der Waals surface area contributed by atoms with Gasteiger partial charge in [0.15, 0.2) is 11.6 Å². The van der Waals surface area contributed by atoms with Gasteiger partial charge in [-0.2, -0.15) is 4.98 Å². The first-order chi connectivity index (χ1) is 27.5. The van der Waals surface area contributed by atoms with Crippen LogP contribution in [0.1, 0.15) is 60.9 Å². The van der Waals surface area contributed by atoms with E-state index in [1.807, 2.05) is 48.3 Å². The van der Waals surface area contributed by atoms with Crippen LogP contribution >= 0.6 is 11.6 Å². The maximum atomic E-state index is 13.5. The zero-order chi connectivity index (χ0) is 40.1. The number of halogens is 1. The molecule has 3 aromatic carbocycles. The van der Waals surface area contributed by atoms with Gasteiger partial charge in [0.1, 0.15) is 16.8 Å². The van der Waals surface area contributed by atoms with E-state index in [2.05, 4.69) is 53.2 Å². The van der Waals surface area contributed by atoms with Gasteiger partial charge in [-0.3, -0.25) is 29.4 Å². The van der Waals surface area contributed by atoms with Crippen LogP contribution in [0.3, 0.4) is 0 Å². The van der Waals surface area contributed by atoms with Crippen molar-refractivity contribution < 1.29 is 23.9 Å². The maximum Gasteiger partial charge on any atom is 0.249 e. The summed E-state index contributed by atoms with van der Waals surface area (Å²) in [5, 5.41) is 12.3. The fraction of sp³-hybridized carbons (Fsp3) is 0.381. The maximum absolute atomic E-state index is 13.5. The van der Waals surface area contributed by atoms with E-state index in [0.29, 0.717) is 71.3 Å². The molecule has 3 amide bonds. The number of likely N-dealkylation sites (N-methyl/N-ethyl adjacent to an activating group) is 1. The van der Waals surface area contributed by atoms with E-state index < -0.39 is 6.04 Å². The van der Waals surface area contributed by atoms with E-state index in [-0.39, 0.29) is 29.5 Å². The van der Waals surface area contributed by atoms with Gasteiger partial charge in [-0.15, -0.1) is 0 Å². The monoisotopic (exact) mass is 793 g/mol. The van der Waals surface area contributed by atoms with Crippen LogP contribution in [0.5, 0.6) is 5.75 Å². The molecule has 4 heterocycles. The molecule has 57 heavy (non-hydrogen) atoms. The van der Waals surface area contributed by atoms with E-state index in [9.17, 15) is 19.2 Å². The van der Waals surface area contributed by atoms with Crippen LogP contribution in [0.15, 0.2) is 72.9 Å². The number of imide groups is 1. The third kappa shape index (κ3) is 9.46. The highest BCUT2D eigenvalue weighted by Gasteiger charge is 2.31. The summed E-state index contributed by atoms with van der Waals surface area (Å²) in [7, 11) is 3.52. The number of anilines is 6. The second-order valence-corrected chi connectivity index (χ2v) is 15.2. The molecule has 15 heteroatoms. The zero-order valence-corrected chi connectivity index (χ0v) is 33.1. The fourth-order valence-corrected chi connectivity index (χ4v) is 7.89. The fourth-order valence-electron chi connectivity index (χ4n) is 7.75. The summed E-state index contributed by atoms with van der Waals surface area (Å²) in [6.07, 6.45) is 5.13. The Labute approximate surface area is 337 Å². The molecule has 4 N–H and O–H groups in total. The summed E-state index contributed by atoms with van der Waals surface area (Å²) in [5.41, 5.74) is 4.90. The summed E-state index contributed by atoms with van der Waals surface area (Å²) in [6.45, 7) is 5.13. The number of methoxy groups -OCH3 is 1. The average molecular weight is 794 g/mol. The number of hydrogen-bond acceptors (Lipinski definition) is 12. The number of carbonyl (C=O) groups excluding carboxylic acids is 4. The van der Waals surface area contributed by atoms with E-state index in [0.717, 1.165) is 50.3 Å². The summed E-state index contributed by atoms with van der Waals surface area (Å²) in [6, 6.07) is 21.0. The van der Waals surface area contributed by atoms with Gasteiger partial charge in [-0.05, 0) is 93.6 Å². The smallest absolute Gasteiger partial charge is 0.249 e. The molecule has 3 aliphatic rings.